The van der Waals surface area contributed by atoms with Crippen LogP contribution in [0.15, 0.2) is 30.3 Å². The number of hydrogen-bond acceptors (Lipinski definition) is 3. The number of pyridine rings is 1. The summed E-state index contributed by atoms with van der Waals surface area (Å²) in [5.41, 5.74) is 3.51. The zero-order valence-electron chi connectivity index (χ0n) is 12.5. The highest BCUT2D eigenvalue weighted by Gasteiger charge is 2.22. The highest BCUT2D eigenvalue weighted by molar-refractivity contribution is 5.91. The maximum Gasteiger partial charge on any atom is 0.0726 e. The largest absolute Gasteiger partial charge is 0.382 e. The van der Waals surface area contributed by atoms with Gasteiger partial charge in [0.1, 0.15) is 0 Å². The molecule has 0 amide bonds. The molecule has 0 saturated heterocycles. The third-order valence-corrected chi connectivity index (χ3v) is 3.51. The van der Waals surface area contributed by atoms with Gasteiger partial charge in [-0.15, -0.1) is 0 Å². The monoisotopic (exact) mass is 269 g/mol. The highest BCUT2D eigenvalue weighted by atomic mass is 15.0. The second kappa shape index (κ2) is 5.06. The maximum atomic E-state index is 4.76. The number of aromatic nitrogens is 1. The van der Waals surface area contributed by atoms with Gasteiger partial charge in [-0.3, -0.25) is 4.98 Å². The van der Waals surface area contributed by atoms with Gasteiger partial charge >= 0.3 is 0 Å². The van der Waals surface area contributed by atoms with E-state index in [2.05, 4.69) is 61.7 Å². The normalized spacial score (nSPS) is 15.6. The topological polar surface area (TPSA) is 37.0 Å². The van der Waals surface area contributed by atoms with Crippen LogP contribution in [-0.2, 0) is 6.54 Å². The maximum absolute atomic E-state index is 4.76. The smallest absolute Gasteiger partial charge is 0.0726 e. The number of benzene rings is 1. The molecule has 0 spiro atoms. The van der Waals surface area contributed by atoms with Gasteiger partial charge in [-0.05, 0) is 45.7 Å². The van der Waals surface area contributed by atoms with Crippen LogP contribution in [0.4, 0.5) is 5.69 Å². The van der Waals surface area contributed by atoms with Crippen molar-refractivity contribution in [3.05, 3.63) is 36.0 Å². The lowest BCUT2D eigenvalue weighted by Gasteiger charge is -2.21. The summed E-state index contributed by atoms with van der Waals surface area (Å²) in [6.07, 6.45) is 2.57. The van der Waals surface area contributed by atoms with Crippen molar-refractivity contribution in [3.63, 3.8) is 0 Å². The van der Waals surface area contributed by atoms with Crippen molar-refractivity contribution in [1.29, 1.82) is 0 Å². The Kier molecular flexibility index (Phi) is 3.38. The zero-order valence-corrected chi connectivity index (χ0v) is 12.5. The molecule has 106 valence electrons. The van der Waals surface area contributed by atoms with E-state index in [1.54, 1.807) is 0 Å². The number of nitrogens with zero attached hydrogens (tertiary/aromatic N) is 1. The minimum Gasteiger partial charge on any atom is -0.382 e. The standard InChI is InChI=1S/C17H23N3/c1-17(2,3)18-11-13-10-16(19-12-8-9-12)14-6-4-5-7-15(14)20-13/h4-7,10,12,18H,8-9,11H2,1-3H3,(H,19,20). The Bertz CT molecular complexity index is 609. The summed E-state index contributed by atoms with van der Waals surface area (Å²) in [5, 5.41) is 8.36. The lowest BCUT2D eigenvalue weighted by atomic mass is 10.1. The molecule has 0 unspecified atom stereocenters. The van der Waals surface area contributed by atoms with E-state index >= 15 is 0 Å². The van der Waals surface area contributed by atoms with Crippen LogP contribution in [0.3, 0.4) is 0 Å². The molecule has 0 atom stereocenters. The van der Waals surface area contributed by atoms with Crippen molar-refractivity contribution < 1.29 is 0 Å². The third kappa shape index (κ3) is 3.28. The summed E-state index contributed by atoms with van der Waals surface area (Å²) < 4.78 is 0. The Balaban J connectivity index is 1.92. The van der Waals surface area contributed by atoms with Crippen LogP contribution < -0.4 is 10.6 Å². The molecule has 1 fully saturated rings. The van der Waals surface area contributed by atoms with Crippen LogP contribution in [0.25, 0.3) is 10.9 Å². The number of rotatable bonds is 4. The predicted molar refractivity (Wildman–Crippen MR) is 85.0 cm³/mol. The summed E-state index contributed by atoms with van der Waals surface area (Å²) in [6.45, 7) is 7.33. The van der Waals surface area contributed by atoms with E-state index in [-0.39, 0.29) is 5.54 Å². The van der Waals surface area contributed by atoms with Crippen molar-refractivity contribution in [1.82, 2.24) is 10.3 Å². The molecular formula is C17H23N3. The van der Waals surface area contributed by atoms with Gasteiger partial charge in [-0.1, -0.05) is 18.2 Å². The molecule has 1 aliphatic carbocycles. The van der Waals surface area contributed by atoms with E-state index < -0.39 is 0 Å². The first kappa shape index (κ1) is 13.4. The fourth-order valence-corrected chi connectivity index (χ4v) is 2.24. The first-order valence-corrected chi connectivity index (χ1v) is 7.41. The molecule has 1 saturated carbocycles. The molecule has 3 rings (SSSR count). The average Bonchev–Trinajstić information content (AvgIpc) is 3.20. The molecule has 20 heavy (non-hydrogen) atoms. The van der Waals surface area contributed by atoms with Crippen LogP contribution >= 0.6 is 0 Å². The summed E-state index contributed by atoms with van der Waals surface area (Å²) in [4.78, 5) is 4.76. The second-order valence-electron chi connectivity index (χ2n) is 6.70. The summed E-state index contributed by atoms with van der Waals surface area (Å²) in [7, 11) is 0. The summed E-state index contributed by atoms with van der Waals surface area (Å²) in [5.74, 6) is 0. The lowest BCUT2D eigenvalue weighted by Crippen LogP contribution is -2.35. The van der Waals surface area contributed by atoms with E-state index in [4.69, 9.17) is 4.98 Å². The average molecular weight is 269 g/mol. The molecule has 0 radical (unpaired) electrons. The zero-order chi connectivity index (χ0) is 14.2. The molecule has 1 aliphatic rings. The second-order valence-corrected chi connectivity index (χ2v) is 6.70. The molecule has 2 aromatic rings. The number of nitrogens with one attached hydrogen (secondary N) is 2. The van der Waals surface area contributed by atoms with E-state index in [1.807, 2.05) is 0 Å². The van der Waals surface area contributed by atoms with E-state index in [1.165, 1.54) is 23.9 Å². The Labute approximate surface area is 120 Å². The molecule has 1 heterocycles. The Morgan fingerprint density at radius 3 is 2.65 bits per heavy atom. The van der Waals surface area contributed by atoms with Gasteiger partial charge in [0, 0.05) is 29.2 Å². The molecule has 0 bridgehead atoms. The van der Waals surface area contributed by atoms with Crippen molar-refractivity contribution >= 4 is 16.6 Å². The number of fused-ring (bicyclic) bond motifs is 1. The Morgan fingerprint density at radius 2 is 1.95 bits per heavy atom. The number of para-hydroxylation sites is 1. The van der Waals surface area contributed by atoms with Gasteiger partial charge in [0.25, 0.3) is 0 Å². The van der Waals surface area contributed by atoms with E-state index in [0.717, 1.165) is 17.8 Å². The minimum atomic E-state index is 0.109. The molecule has 1 aromatic carbocycles. The summed E-state index contributed by atoms with van der Waals surface area (Å²) in [6, 6.07) is 11.2. The first-order chi connectivity index (χ1) is 9.51. The van der Waals surface area contributed by atoms with Crippen molar-refractivity contribution in [2.24, 2.45) is 0 Å². The fourth-order valence-electron chi connectivity index (χ4n) is 2.24. The molecule has 0 aliphatic heterocycles. The molecular weight excluding hydrogens is 246 g/mol. The van der Waals surface area contributed by atoms with Gasteiger partial charge in [0.15, 0.2) is 0 Å². The minimum absolute atomic E-state index is 0.109. The number of anilines is 1. The van der Waals surface area contributed by atoms with Crippen LogP contribution in [-0.4, -0.2) is 16.6 Å². The van der Waals surface area contributed by atoms with Crippen LogP contribution in [0.2, 0.25) is 0 Å². The van der Waals surface area contributed by atoms with Crippen LogP contribution in [0, 0.1) is 0 Å². The summed E-state index contributed by atoms with van der Waals surface area (Å²) >= 11 is 0. The van der Waals surface area contributed by atoms with Gasteiger partial charge in [0.05, 0.1) is 11.2 Å². The predicted octanol–water partition coefficient (Wildman–Crippen LogP) is 3.70. The van der Waals surface area contributed by atoms with Crippen molar-refractivity contribution in [3.8, 4) is 0 Å². The molecule has 1 aromatic heterocycles. The molecule has 3 heteroatoms. The van der Waals surface area contributed by atoms with Gasteiger partial charge < -0.3 is 10.6 Å². The Hall–Kier alpha value is -1.61. The van der Waals surface area contributed by atoms with Gasteiger partial charge in [0.2, 0.25) is 0 Å². The van der Waals surface area contributed by atoms with E-state index in [9.17, 15) is 0 Å². The van der Waals surface area contributed by atoms with Gasteiger partial charge in [-0.2, -0.15) is 0 Å². The third-order valence-electron chi connectivity index (χ3n) is 3.51. The van der Waals surface area contributed by atoms with E-state index in [0.29, 0.717) is 6.04 Å². The lowest BCUT2D eigenvalue weighted by molar-refractivity contribution is 0.421. The highest BCUT2D eigenvalue weighted by Crippen LogP contribution is 2.29. The molecule has 2 N–H and O–H groups in total. The van der Waals surface area contributed by atoms with Crippen LogP contribution in [0.1, 0.15) is 39.3 Å². The Morgan fingerprint density at radius 1 is 1.20 bits per heavy atom. The first-order valence-electron chi connectivity index (χ1n) is 7.41. The van der Waals surface area contributed by atoms with Gasteiger partial charge in [-0.25, -0.2) is 0 Å². The van der Waals surface area contributed by atoms with Crippen molar-refractivity contribution in [2.75, 3.05) is 5.32 Å². The fraction of sp³-hybridized carbons (Fsp3) is 0.471. The quantitative estimate of drug-likeness (QED) is 0.888. The number of hydrogen-bond donors (Lipinski definition) is 2. The van der Waals surface area contributed by atoms with Crippen molar-refractivity contribution in [2.45, 2.75) is 51.7 Å². The van der Waals surface area contributed by atoms with Crippen LogP contribution in [0.5, 0.6) is 0 Å². The SMILES string of the molecule is CC(C)(C)NCc1cc(NC2CC2)c2ccccc2n1. The molecule has 3 nitrogen and oxygen atoms in total.